The molecule has 0 unspecified atom stereocenters. The highest BCUT2D eigenvalue weighted by atomic mass is 32.1. The first-order valence-corrected chi connectivity index (χ1v) is 19.3. The van der Waals surface area contributed by atoms with E-state index in [1.165, 1.54) is 85.5 Å². The molecule has 0 aliphatic rings. The van der Waals surface area contributed by atoms with E-state index in [1.807, 2.05) is 11.3 Å². The van der Waals surface area contributed by atoms with E-state index in [2.05, 4.69) is 205 Å². The highest BCUT2D eigenvalue weighted by molar-refractivity contribution is 7.25. The van der Waals surface area contributed by atoms with Crippen LogP contribution in [0.5, 0.6) is 0 Å². The van der Waals surface area contributed by atoms with Crippen LogP contribution in [0.15, 0.2) is 200 Å². The largest absolute Gasteiger partial charge is 0.309 e. The second kappa shape index (κ2) is 12.4. The SMILES string of the molecule is c1ccc(-c2ccccc2N(c2cccc(-c3ccc4c(c3)sc3ccccc34)c2)c2cc3ccccc3c3c2ccc2ccc4ccccc4c23)cc1. The summed E-state index contributed by atoms with van der Waals surface area (Å²) in [6.07, 6.45) is 0. The standard InChI is InChI=1S/C52H33NS/c1-2-13-34(14-3-1)41-19-8-10-23-47(41)53(40-18-12-17-37(31-40)38-28-29-45-44-22-9-11-24-49(44)54-50(45)33-38)48-32-39-16-5-7-21-43(39)52-46(48)30-27-36-26-25-35-15-4-6-20-42(35)51(36)52/h1-33H. The molecular formula is C52H33NS. The minimum atomic E-state index is 1.11. The van der Waals surface area contributed by atoms with E-state index in [0.29, 0.717) is 0 Å². The van der Waals surface area contributed by atoms with E-state index < -0.39 is 0 Å². The second-order valence-electron chi connectivity index (χ2n) is 14.1. The first kappa shape index (κ1) is 30.8. The Morgan fingerprint density at radius 2 is 0.944 bits per heavy atom. The lowest BCUT2D eigenvalue weighted by Crippen LogP contribution is -2.12. The molecule has 1 heterocycles. The molecule has 0 spiro atoms. The van der Waals surface area contributed by atoms with Crippen LogP contribution in [-0.2, 0) is 0 Å². The van der Waals surface area contributed by atoms with Gasteiger partial charge in [-0.05, 0) is 85.4 Å². The van der Waals surface area contributed by atoms with Gasteiger partial charge in [0.15, 0.2) is 0 Å². The van der Waals surface area contributed by atoms with Crippen LogP contribution in [0.1, 0.15) is 0 Å². The summed E-state index contributed by atoms with van der Waals surface area (Å²) in [4.78, 5) is 2.50. The van der Waals surface area contributed by atoms with Gasteiger partial charge < -0.3 is 4.90 Å². The van der Waals surface area contributed by atoms with Gasteiger partial charge in [-0.25, -0.2) is 0 Å². The lowest BCUT2D eigenvalue weighted by Gasteiger charge is -2.30. The van der Waals surface area contributed by atoms with Gasteiger partial charge in [0, 0.05) is 42.2 Å². The third-order valence-corrected chi connectivity index (χ3v) is 12.1. The van der Waals surface area contributed by atoms with Crippen molar-refractivity contribution in [2.75, 3.05) is 4.90 Å². The molecule has 1 nitrogen and oxygen atoms in total. The molecule has 0 fully saturated rings. The van der Waals surface area contributed by atoms with Gasteiger partial charge in [-0.3, -0.25) is 0 Å². The Balaban J connectivity index is 1.21. The zero-order chi connectivity index (χ0) is 35.6. The first-order chi connectivity index (χ1) is 26.8. The summed E-state index contributed by atoms with van der Waals surface area (Å²) in [6.45, 7) is 0. The van der Waals surface area contributed by atoms with Crippen LogP contribution < -0.4 is 4.90 Å². The van der Waals surface area contributed by atoms with Gasteiger partial charge in [-0.1, -0.05) is 164 Å². The van der Waals surface area contributed by atoms with Gasteiger partial charge >= 0.3 is 0 Å². The lowest BCUT2D eigenvalue weighted by molar-refractivity contribution is 1.30. The molecule has 11 rings (SSSR count). The highest BCUT2D eigenvalue weighted by Crippen LogP contribution is 2.48. The van der Waals surface area contributed by atoms with E-state index in [0.717, 1.165) is 17.1 Å². The van der Waals surface area contributed by atoms with E-state index in [4.69, 9.17) is 0 Å². The summed E-state index contributed by atoms with van der Waals surface area (Å²) >= 11 is 1.87. The molecule has 0 bridgehead atoms. The Morgan fingerprint density at radius 3 is 1.83 bits per heavy atom. The fraction of sp³-hybridized carbons (Fsp3) is 0. The van der Waals surface area contributed by atoms with Crippen LogP contribution in [0.3, 0.4) is 0 Å². The quantitative estimate of drug-likeness (QED) is 0.161. The minimum Gasteiger partial charge on any atom is -0.309 e. The maximum atomic E-state index is 2.50. The van der Waals surface area contributed by atoms with Crippen LogP contribution in [0, 0.1) is 0 Å². The normalized spacial score (nSPS) is 11.7. The summed E-state index contributed by atoms with van der Waals surface area (Å²) in [5, 5.41) is 12.7. The van der Waals surface area contributed by atoms with Crippen molar-refractivity contribution in [3.8, 4) is 22.3 Å². The Labute approximate surface area is 317 Å². The third-order valence-electron chi connectivity index (χ3n) is 11.0. The zero-order valence-electron chi connectivity index (χ0n) is 29.4. The molecule has 0 aliphatic heterocycles. The van der Waals surface area contributed by atoms with E-state index in [-0.39, 0.29) is 0 Å². The zero-order valence-corrected chi connectivity index (χ0v) is 30.2. The van der Waals surface area contributed by atoms with Crippen LogP contribution in [0.2, 0.25) is 0 Å². The topological polar surface area (TPSA) is 3.24 Å². The molecule has 0 N–H and O–H groups in total. The van der Waals surface area contributed by atoms with Gasteiger partial charge in [0.2, 0.25) is 0 Å². The van der Waals surface area contributed by atoms with Crippen molar-refractivity contribution >= 4 is 91.7 Å². The predicted molar refractivity (Wildman–Crippen MR) is 235 cm³/mol. The molecule has 252 valence electrons. The number of nitrogens with zero attached hydrogens (tertiary/aromatic N) is 1. The molecule has 0 radical (unpaired) electrons. The van der Waals surface area contributed by atoms with Crippen LogP contribution in [-0.4, -0.2) is 0 Å². The lowest BCUT2D eigenvalue weighted by atomic mass is 9.91. The smallest absolute Gasteiger partial charge is 0.0546 e. The molecule has 54 heavy (non-hydrogen) atoms. The van der Waals surface area contributed by atoms with E-state index >= 15 is 0 Å². The van der Waals surface area contributed by atoms with Gasteiger partial charge in [0.1, 0.15) is 0 Å². The Bertz CT molecular complexity index is 3230. The minimum absolute atomic E-state index is 1.11. The van der Waals surface area contributed by atoms with Crippen molar-refractivity contribution in [3.63, 3.8) is 0 Å². The predicted octanol–water partition coefficient (Wildman–Crippen LogP) is 15.5. The van der Waals surface area contributed by atoms with Crippen molar-refractivity contribution in [2.24, 2.45) is 0 Å². The fourth-order valence-corrected chi connectivity index (χ4v) is 9.66. The van der Waals surface area contributed by atoms with Crippen LogP contribution in [0.25, 0.3) is 85.5 Å². The number of hydrogen-bond acceptors (Lipinski definition) is 2. The molecule has 0 amide bonds. The maximum Gasteiger partial charge on any atom is 0.0546 e. The average molecular weight is 704 g/mol. The van der Waals surface area contributed by atoms with Crippen LogP contribution in [0.4, 0.5) is 17.1 Å². The number of benzene rings is 10. The monoisotopic (exact) mass is 703 g/mol. The number of hydrogen-bond donors (Lipinski definition) is 0. The molecule has 11 aromatic rings. The fourth-order valence-electron chi connectivity index (χ4n) is 8.52. The number of para-hydroxylation sites is 1. The third kappa shape index (κ3) is 4.92. The van der Waals surface area contributed by atoms with Gasteiger partial charge in [-0.15, -0.1) is 11.3 Å². The second-order valence-corrected chi connectivity index (χ2v) is 15.2. The first-order valence-electron chi connectivity index (χ1n) is 18.5. The van der Waals surface area contributed by atoms with Crippen LogP contribution >= 0.6 is 11.3 Å². The van der Waals surface area contributed by atoms with E-state index in [9.17, 15) is 0 Å². The summed E-state index contributed by atoms with van der Waals surface area (Å²) < 4.78 is 2.63. The molecule has 0 saturated carbocycles. The molecule has 0 saturated heterocycles. The Kier molecular flexibility index (Phi) is 7.11. The maximum absolute atomic E-state index is 2.50. The summed E-state index contributed by atoms with van der Waals surface area (Å²) in [5.41, 5.74) is 8.17. The van der Waals surface area contributed by atoms with E-state index in [1.54, 1.807) is 0 Å². The van der Waals surface area contributed by atoms with Gasteiger partial charge in [0.25, 0.3) is 0 Å². The molecular weight excluding hydrogens is 671 g/mol. The Morgan fingerprint density at radius 1 is 0.315 bits per heavy atom. The molecule has 2 heteroatoms. The van der Waals surface area contributed by atoms with Crippen molar-refractivity contribution in [3.05, 3.63) is 200 Å². The van der Waals surface area contributed by atoms with Crippen molar-refractivity contribution in [2.45, 2.75) is 0 Å². The highest BCUT2D eigenvalue weighted by Gasteiger charge is 2.22. The molecule has 0 aliphatic carbocycles. The van der Waals surface area contributed by atoms with Gasteiger partial charge in [-0.2, -0.15) is 0 Å². The Hall–Kier alpha value is -6.74. The van der Waals surface area contributed by atoms with Crippen molar-refractivity contribution in [1.29, 1.82) is 0 Å². The molecule has 0 atom stereocenters. The number of rotatable bonds is 5. The van der Waals surface area contributed by atoms with Crippen molar-refractivity contribution in [1.82, 2.24) is 0 Å². The summed E-state index contributed by atoms with van der Waals surface area (Å²) in [5.74, 6) is 0. The average Bonchev–Trinajstić information content (AvgIpc) is 3.62. The number of thiophene rings is 1. The van der Waals surface area contributed by atoms with Crippen molar-refractivity contribution < 1.29 is 0 Å². The number of anilines is 3. The summed E-state index contributed by atoms with van der Waals surface area (Å²) in [7, 11) is 0. The molecule has 1 aromatic heterocycles. The number of fused-ring (bicyclic) bond motifs is 10. The molecule has 10 aromatic carbocycles. The summed E-state index contributed by atoms with van der Waals surface area (Å²) in [6, 6.07) is 73.6. The van der Waals surface area contributed by atoms with Gasteiger partial charge in [0.05, 0.1) is 11.4 Å².